The molecule has 0 spiro atoms. The van der Waals surface area contributed by atoms with Gasteiger partial charge in [0.15, 0.2) is 0 Å². The Hall–Kier alpha value is -1.69. The molecule has 0 saturated carbocycles. The second-order valence-corrected chi connectivity index (χ2v) is 4.83. The van der Waals surface area contributed by atoms with E-state index in [0.717, 1.165) is 5.56 Å². The molecule has 4 nitrogen and oxygen atoms in total. The molecule has 1 amide bonds. The van der Waals surface area contributed by atoms with E-state index in [0.29, 0.717) is 13.0 Å². The Kier molecular flexibility index (Phi) is 6.38. The first kappa shape index (κ1) is 16.4. The first-order valence-corrected chi connectivity index (χ1v) is 6.47. The molecule has 1 aromatic rings. The molecule has 6 heteroatoms. The first-order valence-electron chi connectivity index (χ1n) is 6.47. The van der Waals surface area contributed by atoms with Crippen molar-refractivity contribution in [3.8, 4) is 5.75 Å². The van der Waals surface area contributed by atoms with Crippen LogP contribution in [-0.2, 0) is 11.2 Å². The Bertz CT molecular complexity index is 422. The van der Waals surface area contributed by atoms with Crippen molar-refractivity contribution in [2.45, 2.75) is 32.9 Å². The molecule has 0 saturated heterocycles. The van der Waals surface area contributed by atoms with E-state index >= 15 is 0 Å². The van der Waals surface area contributed by atoms with Gasteiger partial charge in [0.1, 0.15) is 5.75 Å². The Morgan fingerprint density at radius 2 is 1.90 bits per heavy atom. The molecular weight excluding hydrogens is 266 g/mol. The Balaban J connectivity index is 2.37. The van der Waals surface area contributed by atoms with Crippen LogP contribution in [0.3, 0.4) is 0 Å². The molecule has 0 heterocycles. The third-order valence-electron chi connectivity index (χ3n) is 2.88. The van der Waals surface area contributed by atoms with E-state index in [2.05, 4.69) is 10.1 Å². The van der Waals surface area contributed by atoms with E-state index in [-0.39, 0.29) is 17.6 Å². The Morgan fingerprint density at radius 3 is 2.40 bits per heavy atom. The molecule has 0 unspecified atom stereocenters. The van der Waals surface area contributed by atoms with Gasteiger partial charge in [0.05, 0.1) is 6.04 Å². The summed E-state index contributed by atoms with van der Waals surface area (Å²) in [7, 11) is 0. The number of benzene rings is 1. The molecule has 0 aromatic heterocycles. The summed E-state index contributed by atoms with van der Waals surface area (Å²) in [6.07, 6.45) is 0.603. The highest BCUT2D eigenvalue weighted by Crippen LogP contribution is 2.14. The van der Waals surface area contributed by atoms with Crippen LogP contribution in [-0.4, -0.2) is 25.1 Å². The highest BCUT2D eigenvalue weighted by molar-refractivity contribution is 5.81. The van der Waals surface area contributed by atoms with Gasteiger partial charge in [-0.15, -0.1) is 0 Å². The maximum absolute atomic E-state index is 12.0. The molecule has 0 aliphatic rings. The zero-order valence-corrected chi connectivity index (χ0v) is 11.6. The van der Waals surface area contributed by atoms with E-state index in [9.17, 15) is 13.6 Å². The second-order valence-electron chi connectivity index (χ2n) is 4.83. The number of halogens is 2. The quantitative estimate of drug-likeness (QED) is 0.805. The van der Waals surface area contributed by atoms with Crippen molar-refractivity contribution in [3.05, 3.63) is 29.8 Å². The molecule has 0 radical (unpaired) electrons. The van der Waals surface area contributed by atoms with Crippen LogP contribution in [0.5, 0.6) is 5.75 Å². The van der Waals surface area contributed by atoms with Gasteiger partial charge in [0.2, 0.25) is 5.91 Å². The number of hydrogen-bond acceptors (Lipinski definition) is 3. The third kappa shape index (κ3) is 5.52. The van der Waals surface area contributed by atoms with Crippen LogP contribution in [0.15, 0.2) is 24.3 Å². The van der Waals surface area contributed by atoms with Crippen molar-refractivity contribution in [3.63, 3.8) is 0 Å². The van der Waals surface area contributed by atoms with Crippen LogP contribution in [0.2, 0.25) is 0 Å². The maximum Gasteiger partial charge on any atom is 0.387 e. The SMILES string of the molecule is CC(C)[C@@H](N)C(=O)NCCc1ccc(OC(F)F)cc1. The number of nitrogens with two attached hydrogens (primary N) is 1. The van der Waals surface area contributed by atoms with Crippen LogP contribution in [0.1, 0.15) is 19.4 Å². The molecular formula is C14H20F2N2O2. The van der Waals surface area contributed by atoms with E-state index in [1.807, 2.05) is 13.8 Å². The number of alkyl halides is 2. The van der Waals surface area contributed by atoms with Gasteiger partial charge in [-0.25, -0.2) is 0 Å². The number of hydrogen-bond donors (Lipinski definition) is 2. The smallest absolute Gasteiger partial charge is 0.387 e. The highest BCUT2D eigenvalue weighted by Gasteiger charge is 2.16. The molecule has 0 bridgehead atoms. The number of nitrogens with one attached hydrogen (secondary N) is 1. The molecule has 3 N–H and O–H groups in total. The molecule has 0 fully saturated rings. The second kappa shape index (κ2) is 7.79. The van der Waals surface area contributed by atoms with Crippen LogP contribution >= 0.6 is 0 Å². The van der Waals surface area contributed by atoms with Crippen molar-refractivity contribution in [2.24, 2.45) is 11.7 Å². The zero-order chi connectivity index (χ0) is 15.1. The van der Waals surface area contributed by atoms with Crippen molar-refractivity contribution >= 4 is 5.91 Å². The first-order chi connectivity index (χ1) is 9.40. The van der Waals surface area contributed by atoms with E-state index in [1.54, 1.807) is 12.1 Å². The maximum atomic E-state index is 12.0. The normalized spacial score (nSPS) is 12.6. The van der Waals surface area contributed by atoms with Crippen LogP contribution < -0.4 is 15.8 Å². The molecule has 1 atom stereocenters. The fraction of sp³-hybridized carbons (Fsp3) is 0.500. The standard InChI is InChI=1S/C14H20F2N2O2/c1-9(2)12(17)13(19)18-8-7-10-3-5-11(6-4-10)20-14(15)16/h3-6,9,12,14H,7-8,17H2,1-2H3,(H,18,19)/t12-/m1/s1. The van der Waals surface area contributed by atoms with Gasteiger partial charge in [0.25, 0.3) is 0 Å². The Labute approximate surface area is 117 Å². The summed E-state index contributed by atoms with van der Waals surface area (Å²) in [6, 6.07) is 5.81. The predicted octanol–water partition coefficient (Wildman–Crippen LogP) is 1.93. The van der Waals surface area contributed by atoms with Crippen LogP contribution in [0.4, 0.5) is 8.78 Å². The van der Waals surface area contributed by atoms with Gasteiger partial charge in [-0.05, 0) is 30.0 Å². The van der Waals surface area contributed by atoms with Gasteiger partial charge >= 0.3 is 6.61 Å². The van der Waals surface area contributed by atoms with Crippen LogP contribution in [0, 0.1) is 5.92 Å². The van der Waals surface area contributed by atoms with E-state index in [1.165, 1.54) is 12.1 Å². The Morgan fingerprint density at radius 1 is 1.30 bits per heavy atom. The lowest BCUT2D eigenvalue weighted by molar-refractivity contribution is -0.123. The minimum Gasteiger partial charge on any atom is -0.435 e. The number of rotatable bonds is 7. The molecule has 0 aliphatic carbocycles. The summed E-state index contributed by atoms with van der Waals surface area (Å²) < 4.78 is 28.2. The van der Waals surface area contributed by atoms with Crippen molar-refractivity contribution in [1.29, 1.82) is 0 Å². The summed E-state index contributed by atoms with van der Waals surface area (Å²) in [6.45, 7) is 1.39. The monoisotopic (exact) mass is 286 g/mol. The third-order valence-corrected chi connectivity index (χ3v) is 2.88. The van der Waals surface area contributed by atoms with Crippen LogP contribution in [0.25, 0.3) is 0 Å². The van der Waals surface area contributed by atoms with E-state index < -0.39 is 12.7 Å². The fourth-order valence-electron chi connectivity index (χ4n) is 1.59. The van der Waals surface area contributed by atoms with Gasteiger partial charge < -0.3 is 15.8 Å². The van der Waals surface area contributed by atoms with Gasteiger partial charge in [-0.2, -0.15) is 8.78 Å². The summed E-state index contributed by atoms with van der Waals surface area (Å²) in [5.41, 5.74) is 6.63. The topological polar surface area (TPSA) is 64.4 Å². The molecule has 112 valence electrons. The van der Waals surface area contributed by atoms with Gasteiger partial charge in [0, 0.05) is 6.54 Å². The lowest BCUT2D eigenvalue weighted by Gasteiger charge is -2.15. The van der Waals surface area contributed by atoms with Crippen molar-refractivity contribution in [2.75, 3.05) is 6.54 Å². The molecule has 0 aliphatic heterocycles. The largest absolute Gasteiger partial charge is 0.435 e. The summed E-state index contributed by atoms with van der Waals surface area (Å²) in [5, 5.41) is 2.74. The summed E-state index contributed by atoms with van der Waals surface area (Å²) >= 11 is 0. The minimum atomic E-state index is -2.82. The van der Waals surface area contributed by atoms with Gasteiger partial charge in [-0.3, -0.25) is 4.79 Å². The number of amides is 1. The zero-order valence-electron chi connectivity index (χ0n) is 11.6. The number of carbonyl (C=O) groups excluding carboxylic acids is 1. The van der Waals surface area contributed by atoms with E-state index in [4.69, 9.17) is 5.73 Å². The minimum absolute atomic E-state index is 0.0841. The highest BCUT2D eigenvalue weighted by atomic mass is 19.3. The number of carbonyl (C=O) groups is 1. The average molecular weight is 286 g/mol. The molecule has 1 rings (SSSR count). The van der Waals surface area contributed by atoms with Gasteiger partial charge in [-0.1, -0.05) is 26.0 Å². The fourth-order valence-corrected chi connectivity index (χ4v) is 1.59. The van der Waals surface area contributed by atoms with Crippen molar-refractivity contribution < 1.29 is 18.3 Å². The molecule has 1 aromatic carbocycles. The molecule has 20 heavy (non-hydrogen) atoms. The lowest BCUT2D eigenvalue weighted by atomic mass is 10.0. The summed E-state index contributed by atoms with van der Waals surface area (Å²) in [4.78, 5) is 11.6. The lowest BCUT2D eigenvalue weighted by Crippen LogP contribution is -2.44. The number of ether oxygens (including phenoxy) is 1. The summed E-state index contributed by atoms with van der Waals surface area (Å²) in [5.74, 6) is 0.0213. The van der Waals surface area contributed by atoms with Crippen molar-refractivity contribution in [1.82, 2.24) is 5.32 Å². The average Bonchev–Trinajstić information content (AvgIpc) is 2.39. The predicted molar refractivity (Wildman–Crippen MR) is 72.6 cm³/mol.